The Morgan fingerprint density at radius 2 is 1.87 bits per heavy atom. The van der Waals surface area contributed by atoms with Gasteiger partial charge in [0.15, 0.2) is 0 Å². The number of rotatable bonds is 8. The van der Waals surface area contributed by atoms with Crippen molar-refractivity contribution in [3.8, 4) is 0 Å². The maximum absolute atomic E-state index is 10.8. The SMILES string of the molecule is CCCC(NC(N)=O)[SiH](OCC)OCC. The Kier molecular flexibility index (Phi) is 8.35. The zero-order chi connectivity index (χ0) is 11.7. The van der Waals surface area contributed by atoms with E-state index in [0.717, 1.165) is 12.8 Å². The van der Waals surface area contributed by atoms with Crippen molar-refractivity contribution in [3.05, 3.63) is 0 Å². The molecule has 1 atom stereocenters. The summed E-state index contributed by atoms with van der Waals surface area (Å²) < 4.78 is 11.1. The molecule has 0 saturated heterocycles. The van der Waals surface area contributed by atoms with Crippen LogP contribution in [0.3, 0.4) is 0 Å². The lowest BCUT2D eigenvalue weighted by atomic mass is 10.3. The summed E-state index contributed by atoms with van der Waals surface area (Å²) in [6.07, 6.45) is 1.81. The van der Waals surface area contributed by atoms with Crippen molar-refractivity contribution in [2.45, 2.75) is 39.3 Å². The van der Waals surface area contributed by atoms with Gasteiger partial charge in [-0.3, -0.25) is 0 Å². The van der Waals surface area contributed by atoms with Crippen molar-refractivity contribution in [2.24, 2.45) is 5.73 Å². The first-order chi connectivity index (χ1) is 7.15. The minimum Gasteiger partial charge on any atom is -0.396 e. The van der Waals surface area contributed by atoms with Crippen LogP contribution in [0.15, 0.2) is 0 Å². The lowest BCUT2D eigenvalue weighted by Gasteiger charge is -2.24. The number of primary amides is 1. The van der Waals surface area contributed by atoms with Crippen LogP contribution in [-0.4, -0.2) is 34.2 Å². The Morgan fingerprint density at radius 1 is 1.33 bits per heavy atom. The molecule has 0 heterocycles. The number of nitrogens with two attached hydrogens (primary N) is 1. The molecule has 0 aliphatic rings. The molecule has 1 unspecified atom stereocenters. The molecular formula is C9H22N2O3Si. The normalized spacial score (nSPS) is 12.8. The summed E-state index contributed by atoms with van der Waals surface area (Å²) in [5.41, 5.74) is 5.08. The molecule has 0 bridgehead atoms. The molecule has 0 aromatic rings. The summed E-state index contributed by atoms with van der Waals surface area (Å²) in [5, 5.41) is 2.70. The van der Waals surface area contributed by atoms with Crippen molar-refractivity contribution >= 4 is 15.3 Å². The highest BCUT2D eigenvalue weighted by Gasteiger charge is 2.25. The fourth-order valence-electron chi connectivity index (χ4n) is 1.38. The number of urea groups is 1. The number of nitrogens with one attached hydrogen (secondary N) is 1. The van der Waals surface area contributed by atoms with E-state index in [0.29, 0.717) is 13.2 Å². The Bertz CT molecular complexity index is 175. The smallest absolute Gasteiger partial charge is 0.344 e. The summed E-state index contributed by atoms with van der Waals surface area (Å²) >= 11 is 0. The summed E-state index contributed by atoms with van der Waals surface area (Å²) in [4.78, 5) is 10.8. The molecule has 0 rings (SSSR count). The second-order valence-corrected chi connectivity index (χ2v) is 5.39. The van der Waals surface area contributed by atoms with E-state index in [1.165, 1.54) is 0 Å². The lowest BCUT2D eigenvalue weighted by Crippen LogP contribution is -2.51. The van der Waals surface area contributed by atoms with Gasteiger partial charge in [0.25, 0.3) is 0 Å². The molecule has 0 aliphatic heterocycles. The quantitative estimate of drug-likeness (QED) is 0.606. The second-order valence-electron chi connectivity index (χ2n) is 3.18. The van der Waals surface area contributed by atoms with E-state index in [9.17, 15) is 4.79 Å². The Hall–Kier alpha value is -0.593. The van der Waals surface area contributed by atoms with Gasteiger partial charge in [-0.05, 0) is 20.3 Å². The van der Waals surface area contributed by atoms with Gasteiger partial charge in [-0.25, -0.2) is 4.79 Å². The van der Waals surface area contributed by atoms with Crippen LogP contribution in [-0.2, 0) is 8.85 Å². The highest BCUT2D eigenvalue weighted by molar-refractivity contribution is 6.46. The van der Waals surface area contributed by atoms with Crippen LogP contribution in [0.5, 0.6) is 0 Å². The van der Waals surface area contributed by atoms with Gasteiger partial charge >= 0.3 is 15.3 Å². The van der Waals surface area contributed by atoms with Crippen LogP contribution in [0.2, 0.25) is 0 Å². The van der Waals surface area contributed by atoms with Crippen molar-refractivity contribution in [1.29, 1.82) is 0 Å². The van der Waals surface area contributed by atoms with E-state index in [-0.39, 0.29) is 5.67 Å². The number of hydrogen-bond donors (Lipinski definition) is 2. The summed E-state index contributed by atoms with van der Waals surface area (Å²) in [7, 11) is -1.83. The largest absolute Gasteiger partial charge is 0.396 e. The number of amides is 2. The molecule has 0 aliphatic carbocycles. The first-order valence-electron chi connectivity index (χ1n) is 5.44. The van der Waals surface area contributed by atoms with Gasteiger partial charge in [-0.15, -0.1) is 0 Å². The summed E-state index contributed by atoms with van der Waals surface area (Å²) in [6.45, 7) is 7.12. The van der Waals surface area contributed by atoms with Crippen LogP contribution in [0.1, 0.15) is 33.6 Å². The van der Waals surface area contributed by atoms with Crippen LogP contribution in [0.25, 0.3) is 0 Å². The molecule has 0 saturated carbocycles. The molecule has 6 heteroatoms. The third kappa shape index (κ3) is 6.48. The van der Waals surface area contributed by atoms with Gasteiger partial charge in [0.2, 0.25) is 0 Å². The van der Waals surface area contributed by atoms with Crippen LogP contribution < -0.4 is 11.1 Å². The third-order valence-electron chi connectivity index (χ3n) is 1.92. The van der Waals surface area contributed by atoms with E-state index in [2.05, 4.69) is 12.2 Å². The minimum absolute atomic E-state index is 0.0348. The van der Waals surface area contributed by atoms with E-state index >= 15 is 0 Å². The number of carbonyl (C=O) groups is 1. The highest BCUT2D eigenvalue weighted by Crippen LogP contribution is 2.04. The first kappa shape index (κ1) is 14.4. The van der Waals surface area contributed by atoms with Crippen molar-refractivity contribution in [1.82, 2.24) is 5.32 Å². The predicted octanol–water partition coefficient (Wildman–Crippen LogP) is 0.656. The molecule has 2 amide bonds. The molecule has 0 aromatic heterocycles. The van der Waals surface area contributed by atoms with Gasteiger partial charge in [-0.1, -0.05) is 13.3 Å². The minimum atomic E-state index is -1.83. The van der Waals surface area contributed by atoms with Gasteiger partial charge in [-0.2, -0.15) is 0 Å². The Labute approximate surface area is 93.2 Å². The number of carbonyl (C=O) groups excluding carboxylic acids is 1. The van der Waals surface area contributed by atoms with Crippen molar-refractivity contribution < 1.29 is 13.6 Å². The Morgan fingerprint density at radius 3 is 2.20 bits per heavy atom. The van der Waals surface area contributed by atoms with E-state index in [1.54, 1.807) is 0 Å². The van der Waals surface area contributed by atoms with E-state index in [1.807, 2.05) is 13.8 Å². The highest BCUT2D eigenvalue weighted by atomic mass is 28.3. The van der Waals surface area contributed by atoms with Gasteiger partial charge in [0.05, 0.1) is 5.67 Å². The van der Waals surface area contributed by atoms with Gasteiger partial charge in [0.1, 0.15) is 0 Å². The molecule has 0 spiro atoms. The zero-order valence-electron chi connectivity index (χ0n) is 9.79. The molecule has 0 fully saturated rings. The van der Waals surface area contributed by atoms with Crippen molar-refractivity contribution in [3.63, 3.8) is 0 Å². The third-order valence-corrected chi connectivity index (χ3v) is 4.40. The molecule has 90 valence electrons. The first-order valence-corrected chi connectivity index (χ1v) is 7.05. The average molecular weight is 234 g/mol. The molecule has 0 aromatic carbocycles. The standard InChI is InChI=1S/C9H22N2O3Si/c1-4-7-8(11-9(10)12)15(13-5-2)14-6-3/h8,15H,4-7H2,1-3H3,(H3,10,11,12). The predicted molar refractivity (Wildman–Crippen MR) is 61.8 cm³/mol. The monoisotopic (exact) mass is 234 g/mol. The van der Waals surface area contributed by atoms with Crippen LogP contribution in [0, 0.1) is 0 Å². The van der Waals surface area contributed by atoms with E-state index < -0.39 is 15.3 Å². The molecular weight excluding hydrogens is 212 g/mol. The van der Waals surface area contributed by atoms with Gasteiger partial charge < -0.3 is 19.9 Å². The molecule has 5 nitrogen and oxygen atoms in total. The van der Waals surface area contributed by atoms with Gasteiger partial charge in [0, 0.05) is 13.2 Å². The molecule has 15 heavy (non-hydrogen) atoms. The summed E-state index contributed by atoms with van der Waals surface area (Å²) in [5.74, 6) is 0. The fraction of sp³-hybridized carbons (Fsp3) is 0.889. The van der Waals surface area contributed by atoms with Crippen LogP contribution >= 0.6 is 0 Å². The summed E-state index contributed by atoms with van der Waals surface area (Å²) in [6, 6.07) is -0.509. The molecule has 0 radical (unpaired) electrons. The van der Waals surface area contributed by atoms with E-state index in [4.69, 9.17) is 14.6 Å². The Balaban J connectivity index is 4.28. The zero-order valence-corrected chi connectivity index (χ0v) is 10.9. The fourth-order valence-corrected chi connectivity index (χ4v) is 3.50. The maximum Gasteiger partial charge on any atom is 0.344 e. The van der Waals surface area contributed by atoms with Crippen molar-refractivity contribution in [2.75, 3.05) is 13.2 Å². The average Bonchev–Trinajstić information content (AvgIpc) is 2.16. The maximum atomic E-state index is 10.8. The second kappa shape index (κ2) is 8.69. The lowest BCUT2D eigenvalue weighted by molar-refractivity contribution is 0.195. The number of hydrogen-bond acceptors (Lipinski definition) is 3. The molecule has 3 N–H and O–H groups in total. The van der Waals surface area contributed by atoms with Crippen LogP contribution in [0.4, 0.5) is 4.79 Å². The topological polar surface area (TPSA) is 73.6 Å².